The van der Waals surface area contributed by atoms with Gasteiger partial charge in [-0.05, 0) is 13.2 Å². The van der Waals surface area contributed by atoms with E-state index >= 15 is 0 Å². The van der Waals surface area contributed by atoms with Gasteiger partial charge >= 0.3 is 59.1 Å². The maximum atomic E-state index is 10.1. The van der Waals surface area contributed by atoms with E-state index < -0.39 is 11.7 Å². The molecule has 10 heavy (non-hydrogen) atoms. The standard InChI is InChI=1S/C5H8O3.2Na/c1-4(6)3-5(7)8-2;;/h3,6-7H,1H2,2H3;;/q;2*+1/p-2. The molecular formula is C5H6Na2O3. The molecule has 0 saturated heterocycles. The Labute approximate surface area is 104 Å². The molecule has 0 rings (SSSR count). The summed E-state index contributed by atoms with van der Waals surface area (Å²) < 4.78 is 4.11. The van der Waals surface area contributed by atoms with Crippen LogP contribution in [0.2, 0.25) is 0 Å². The summed E-state index contributed by atoms with van der Waals surface area (Å²) in [6.45, 7) is 2.93. The van der Waals surface area contributed by atoms with E-state index in [9.17, 15) is 10.2 Å². The van der Waals surface area contributed by atoms with Crippen molar-refractivity contribution in [2.24, 2.45) is 0 Å². The van der Waals surface area contributed by atoms with E-state index in [2.05, 4.69) is 11.3 Å². The van der Waals surface area contributed by atoms with Crippen LogP contribution in [0.4, 0.5) is 0 Å². The van der Waals surface area contributed by atoms with Crippen LogP contribution in [-0.4, -0.2) is 7.11 Å². The molecular weight excluding hydrogens is 154 g/mol. The first kappa shape index (κ1) is 17.1. The molecule has 0 aromatic rings. The predicted octanol–water partition coefficient (Wildman–Crippen LogP) is -7.28. The fraction of sp³-hybridized carbons (Fsp3) is 0.200. The van der Waals surface area contributed by atoms with E-state index in [1.165, 1.54) is 7.11 Å². The van der Waals surface area contributed by atoms with Crippen molar-refractivity contribution >= 4 is 0 Å². The van der Waals surface area contributed by atoms with Crippen LogP contribution in [0, 0.1) is 0 Å². The molecule has 0 spiro atoms. The molecule has 0 aliphatic rings. The van der Waals surface area contributed by atoms with Crippen molar-refractivity contribution < 1.29 is 74.1 Å². The Morgan fingerprint density at radius 1 is 1.40 bits per heavy atom. The van der Waals surface area contributed by atoms with Gasteiger partial charge in [-0.15, -0.1) is 12.3 Å². The van der Waals surface area contributed by atoms with Crippen LogP contribution in [0.3, 0.4) is 0 Å². The van der Waals surface area contributed by atoms with E-state index in [4.69, 9.17) is 0 Å². The SMILES string of the molecule is C=C([O-])C=C([O-])OC.[Na+].[Na+]. The average molecular weight is 160 g/mol. The van der Waals surface area contributed by atoms with Gasteiger partial charge in [0, 0.05) is 0 Å². The van der Waals surface area contributed by atoms with Crippen LogP contribution in [0.5, 0.6) is 0 Å². The summed E-state index contributed by atoms with van der Waals surface area (Å²) in [6.07, 6.45) is 0.778. The summed E-state index contributed by atoms with van der Waals surface area (Å²) in [7, 11) is 1.20. The largest absolute Gasteiger partial charge is 1.00 e. The first-order valence-electron chi connectivity index (χ1n) is 1.95. The zero-order valence-electron chi connectivity index (χ0n) is 6.51. The Kier molecular flexibility index (Phi) is 16.9. The van der Waals surface area contributed by atoms with Crippen LogP contribution in [-0.2, 0) is 4.74 Å². The first-order valence-corrected chi connectivity index (χ1v) is 1.95. The number of ether oxygens (including phenoxy) is 1. The molecule has 0 amide bonds. The van der Waals surface area contributed by atoms with Crippen LogP contribution in [0.25, 0.3) is 0 Å². The van der Waals surface area contributed by atoms with E-state index in [-0.39, 0.29) is 59.1 Å². The van der Waals surface area contributed by atoms with E-state index in [0.717, 1.165) is 6.08 Å². The predicted molar refractivity (Wildman–Crippen MR) is 24.2 cm³/mol. The molecule has 0 radical (unpaired) electrons. The van der Waals surface area contributed by atoms with E-state index in [0.29, 0.717) is 0 Å². The summed E-state index contributed by atoms with van der Waals surface area (Å²) in [5.74, 6) is -1.21. The average Bonchev–Trinajstić information content (AvgIpc) is 1.65. The van der Waals surface area contributed by atoms with Crippen molar-refractivity contribution in [1.82, 2.24) is 0 Å². The van der Waals surface area contributed by atoms with Crippen LogP contribution >= 0.6 is 0 Å². The molecule has 46 valence electrons. The van der Waals surface area contributed by atoms with Gasteiger partial charge in [0.15, 0.2) is 0 Å². The van der Waals surface area contributed by atoms with Crippen molar-refractivity contribution in [3.8, 4) is 0 Å². The summed E-state index contributed by atoms with van der Waals surface area (Å²) in [6, 6.07) is 0. The fourth-order valence-electron chi connectivity index (χ4n) is 0.190. The molecule has 0 aromatic carbocycles. The van der Waals surface area contributed by atoms with Gasteiger partial charge in [0.05, 0.1) is 5.95 Å². The molecule has 0 heterocycles. The number of methoxy groups -OCH3 is 1. The van der Waals surface area contributed by atoms with Gasteiger partial charge in [-0.1, -0.05) is 0 Å². The molecule has 5 heteroatoms. The van der Waals surface area contributed by atoms with Crippen molar-refractivity contribution in [1.29, 1.82) is 0 Å². The normalized spacial score (nSPS) is 8.70. The summed E-state index contributed by atoms with van der Waals surface area (Å²) in [5, 5.41) is 20.0. The maximum absolute atomic E-state index is 10.1. The van der Waals surface area contributed by atoms with Gasteiger partial charge in [-0.2, -0.15) is 0 Å². The number of hydrogen-bond donors (Lipinski definition) is 0. The number of rotatable bonds is 2. The van der Waals surface area contributed by atoms with Crippen LogP contribution in [0.15, 0.2) is 24.4 Å². The molecule has 0 aromatic heterocycles. The van der Waals surface area contributed by atoms with Crippen molar-refractivity contribution in [3.63, 3.8) is 0 Å². The van der Waals surface area contributed by atoms with Gasteiger partial charge in [-0.3, -0.25) is 0 Å². The minimum absolute atomic E-state index is 0. The third-order valence-corrected chi connectivity index (χ3v) is 0.480. The number of allylic oxidation sites excluding steroid dienone is 1. The Bertz CT molecular complexity index is 122. The number of hydrogen-bond acceptors (Lipinski definition) is 3. The summed E-state index contributed by atoms with van der Waals surface area (Å²) in [4.78, 5) is 0. The quantitative estimate of drug-likeness (QED) is 0.229. The zero-order chi connectivity index (χ0) is 6.57. The second-order valence-corrected chi connectivity index (χ2v) is 1.13. The first-order chi connectivity index (χ1) is 3.66. The topological polar surface area (TPSA) is 55.3 Å². The molecule has 0 atom stereocenters. The van der Waals surface area contributed by atoms with Crippen molar-refractivity contribution in [2.45, 2.75) is 0 Å². The maximum Gasteiger partial charge on any atom is 1.00 e. The van der Waals surface area contributed by atoms with Gasteiger partial charge in [-0.25, -0.2) is 0 Å². The fourth-order valence-corrected chi connectivity index (χ4v) is 0.190. The molecule has 0 aliphatic carbocycles. The van der Waals surface area contributed by atoms with Gasteiger partial charge in [0.25, 0.3) is 0 Å². The van der Waals surface area contributed by atoms with Crippen molar-refractivity contribution in [2.75, 3.05) is 7.11 Å². The van der Waals surface area contributed by atoms with E-state index in [1.54, 1.807) is 0 Å². The molecule has 0 N–H and O–H groups in total. The smallest absolute Gasteiger partial charge is 0.873 e. The third-order valence-electron chi connectivity index (χ3n) is 0.480. The zero-order valence-corrected chi connectivity index (χ0v) is 10.5. The summed E-state index contributed by atoms with van der Waals surface area (Å²) in [5.41, 5.74) is 0. The molecule has 0 unspecified atom stereocenters. The minimum atomic E-state index is -0.662. The Morgan fingerprint density at radius 3 is 1.90 bits per heavy atom. The Balaban J connectivity index is -0.000000245. The Hall–Kier alpha value is 0.880. The second kappa shape index (κ2) is 9.88. The molecule has 0 aliphatic heterocycles. The molecule has 0 saturated carbocycles. The van der Waals surface area contributed by atoms with E-state index in [1.807, 2.05) is 0 Å². The molecule has 3 nitrogen and oxygen atoms in total. The molecule has 0 bridgehead atoms. The van der Waals surface area contributed by atoms with Gasteiger partial charge < -0.3 is 14.9 Å². The monoisotopic (exact) mass is 160 g/mol. The van der Waals surface area contributed by atoms with Gasteiger partial charge in [0.2, 0.25) is 0 Å². The van der Waals surface area contributed by atoms with Crippen LogP contribution in [0.1, 0.15) is 0 Å². The second-order valence-electron chi connectivity index (χ2n) is 1.13. The molecule has 0 fully saturated rings. The summed E-state index contributed by atoms with van der Waals surface area (Å²) >= 11 is 0. The van der Waals surface area contributed by atoms with Crippen LogP contribution < -0.4 is 69.3 Å². The minimum Gasteiger partial charge on any atom is -0.873 e. The van der Waals surface area contributed by atoms with Crippen molar-refractivity contribution in [3.05, 3.63) is 24.4 Å². The van der Waals surface area contributed by atoms with Gasteiger partial charge in [0.1, 0.15) is 0 Å². The Morgan fingerprint density at radius 2 is 1.80 bits per heavy atom. The third kappa shape index (κ3) is 11.6.